The van der Waals surface area contributed by atoms with Crippen molar-refractivity contribution >= 4 is 12.4 Å². The van der Waals surface area contributed by atoms with Crippen molar-refractivity contribution in [2.45, 2.75) is 33.2 Å². The monoisotopic (exact) mass is 187 g/mol. The van der Waals surface area contributed by atoms with Crippen LogP contribution in [0.5, 0.6) is 0 Å². The van der Waals surface area contributed by atoms with Crippen molar-refractivity contribution in [3.8, 4) is 0 Å². The summed E-state index contributed by atoms with van der Waals surface area (Å²) in [5, 5.41) is 11.1. The van der Waals surface area contributed by atoms with Crippen LogP contribution in [0.25, 0.3) is 0 Å². The number of carboxylic acid groups (broad SMARTS) is 1. The van der Waals surface area contributed by atoms with Gasteiger partial charge in [0.25, 0.3) is 0 Å². The van der Waals surface area contributed by atoms with E-state index in [9.17, 15) is 9.59 Å². The Morgan fingerprint density at radius 2 is 2.00 bits per heavy atom. The van der Waals surface area contributed by atoms with Gasteiger partial charge in [0.15, 0.2) is 0 Å². The van der Waals surface area contributed by atoms with Gasteiger partial charge in [-0.15, -0.1) is 0 Å². The van der Waals surface area contributed by atoms with E-state index in [1.807, 2.05) is 20.8 Å². The molecule has 0 radical (unpaired) electrons. The highest BCUT2D eigenvalue weighted by Gasteiger charge is 2.24. The highest BCUT2D eigenvalue weighted by molar-refractivity contribution is 5.76. The molecule has 0 aromatic rings. The number of carbonyl (C=O) groups is 2. The zero-order valence-corrected chi connectivity index (χ0v) is 8.28. The summed E-state index contributed by atoms with van der Waals surface area (Å²) in [6.45, 7) is 5.88. The van der Waals surface area contributed by atoms with Gasteiger partial charge in [0.2, 0.25) is 6.41 Å². The van der Waals surface area contributed by atoms with E-state index < -0.39 is 12.0 Å². The average Bonchev–Trinajstić information content (AvgIpc) is 1.97. The van der Waals surface area contributed by atoms with Crippen molar-refractivity contribution in [3.05, 3.63) is 0 Å². The van der Waals surface area contributed by atoms with Crippen molar-refractivity contribution < 1.29 is 14.7 Å². The van der Waals surface area contributed by atoms with Gasteiger partial charge in [-0.25, -0.2) is 4.79 Å². The Balaban J connectivity index is 4.18. The second-order valence-electron chi connectivity index (χ2n) is 3.71. The Labute approximate surface area is 78.3 Å². The number of hydrogen-bond donors (Lipinski definition) is 2. The molecule has 0 spiro atoms. The van der Waals surface area contributed by atoms with Crippen LogP contribution in [0.3, 0.4) is 0 Å². The van der Waals surface area contributed by atoms with Crippen LogP contribution in [0.1, 0.15) is 27.2 Å². The fourth-order valence-corrected chi connectivity index (χ4v) is 1.43. The summed E-state index contributed by atoms with van der Waals surface area (Å²) in [4.78, 5) is 20.8. The SMILES string of the molecule is CC(C)CC(C)C(NC=O)C(=O)O. The van der Waals surface area contributed by atoms with Gasteiger partial charge in [-0.3, -0.25) is 4.79 Å². The number of aliphatic carboxylic acids is 1. The first-order chi connectivity index (χ1) is 5.99. The van der Waals surface area contributed by atoms with E-state index in [-0.39, 0.29) is 5.92 Å². The first-order valence-corrected chi connectivity index (χ1v) is 4.41. The molecule has 2 unspecified atom stereocenters. The molecule has 4 heteroatoms. The number of rotatable bonds is 6. The molecule has 2 atom stereocenters. The molecular weight excluding hydrogens is 170 g/mol. The number of carboxylic acids is 1. The lowest BCUT2D eigenvalue weighted by molar-refractivity contribution is -0.142. The van der Waals surface area contributed by atoms with E-state index in [0.29, 0.717) is 12.3 Å². The first-order valence-electron chi connectivity index (χ1n) is 4.41. The molecular formula is C9H17NO3. The molecule has 13 heavy (non-hydrogen) atoms. The molecule has 1 amide bonds. The molecule has 0 aliphatic rings. The predicted molar refractivity (Wildman–Crippen MR) is 49.2 cm³/mol. The highest BCUT2D eigenvalue weighted by Crippen LogP contribution is 2.14. The zero-order valence-electron chi connectivity index (χ0n) is 8.28. The minimum atomic E-state index is -0.972. The van der Waals surface area contributed by atoms with Gasteiger partial charge in [-0.1, -0.05) is 20.8 Å². The average molecular weight is 187 g/mol. The molecule has 0 aromatic heterocycles. The molecule has 0 aromatic carbocycles. The standard InChI is InChI=1S/C9H17NO3/c1-6(2)4-7(3)8(9(12)13)10-5-11/h5-8H,4H2,1-3H3,(H,10,11)(H,12,13). The number of amides is 1. The van der Waals surface area contributed by atoms with Crippen molar-refractivity contribution in [3.63, 3.8) is 0 Å². The van der Waals surface area contributed by atoms with Gasteiger partial charge in [0.05, 0.1) is 0 Å². The Morgan fingerprint density at radius 1 is 1.46 bits per heavy atom. The van der Waals surface area contributed by atoms with Crippen LogP contribution in [0.15, 0.2) is 0 Å². The summed E-state index contributed by atoms with van der Waals surface area (Å²) in [6.07, 6.45) is 1.23. The summed E-state index contributed by atoms with van der Waals surface area (Å²) < 4.78 is 0. The van der Waals surface area contributed by atoms with Crippen molar-refractivity contribution in [2.24, 2.45) is 11.8 Å². The normalized spacial score (nSPS) is 15.1. The Kier molecular flexibility index (Phi) is 5.11. The van der Waals surface area contributed by atoms with Gasteiger partial charge < -0.3 is 10.4 Å². The number of nitrogens with one attached hydrogen (secondary N) is 1. The Morgan fingerprint density at radius 3 is 2.31 bits per heavy atom. The zero-order chi connectivity index (χ0) is 10.4. The third-order valence-electron chi connectivity index (χ3n) is 1.93. The molecule has 76 valence electrons. The lowest BCUT2D eigenvalue weighted by Gasteiger charge is -2.20. The largest absolute Gasteiger partial charge is 0.480 e. The fourth-order valence-electron chi connectivity index (χ4n) is 1.43. The molecule has 0 fully saturated rings. The van der Waals surface area contributed by atoms with Gasteiger partial charge >= 0.3 is 5.97 Å². The van der Waals surface area contributed by atoms with Crippen LogP contribution in [-0.4, -0.2) is 23.5 Å². The molecule has 0 heterocycles. The Hall–Kier alpha value is -1.06. The van der Waals surface area contributed by atoms with Crippen LogP contribution in [-0.2, 0) is 9.59 Å². The maximum absolute atomic E-state index is 10.7. The first kappa shape index (κ1) is 11.9. The fraction of sp³-hybridized carbons (Fsp3) is 0.778. The van der Waals surface area contributed by atoms with E-state index in [2.05, 4.69) is 5.32 Å². The van der Waals surface area contributed by atoms with Gasteiger partial charge in [-0.2, -0.15) is 0 Å². The smallest absolute Gasteiger partial charge is 0.326 e. The van der Waals surface area contributed by atoms with E-state index in [1.54, 1.807) is 0 Å². The van der Waals surface area contributed by atoms with Crippen LogP contribution < -0.4 is 5.32 Å². The van der Waals surface area contributed by atoms with E-state index in [4.69, 9.17) is 5.11 Å². The van der Waals surface area contributed by atoms with E-state index in [0.717, 1.165) is 6.42 Å². The van der Waals surface area contributed by atoms with Crippen LogP contribution in [0.2, 0.25) is 0 Å². The van der Waals surface area contributed by atoms with E-state index in [1.165, 1.54) is 0 Å². The van der Waals surface area contributed by atoms with Gasteiger partial charge in [0.1, 0.15) is 6.04 Å². The third kappa shape index (κ3) is 4.50. The molecule has 0 saturated heterocycles. The summed E-state index contributed by atoms with van der Waals surface area (Å²) in [5.41, 5.74) is 0. The molecule has 0 saturated carbocycles. The quantitative estimate of drug-likeness (QED) is 0.606. The molecule has 4 nitrogen and oxygen atoms in total. The highest BCUT2D eigenvalue weighted by atomic mass is 16.4. The predicted octanol–water partition coefficient (Wildman–Crippen LogP) is 0.868. The second-order valence-corrected chi connectivity index (χ2v) is 3.71. The molecule has 0 bridgehead atoms. The number of carbonyl (C=O) groups excluding carboxylic acids is 1. The molecule has 0 aliphatic heterocycles. The lowest BCUT2D eigenvalue weighted by Crippen LogP contribution is -2.41. The molecule has 0 aliphatic carbocycles. The second kappa shape index (κ2) is 5.56. The summed E-state index contributed by atoms with van der Waals surface area (Å²) in [7, 11) is 0. The minimum Gasteiger partial charge on any atom is -0.480 e. The van der Waals surface area contributed by atoms with Crippen molar-refractivity contribution in [1.82, 2.24) is 5.32 Å². The summed E-state index contributed by atoms with van der Waals surface area (Å²) in [6, 6.07) is -0.764. The molecule has 0 rings (SSSR count). The topological polar surface area (TPSA) is 66.4 Å². The lowest BCUT2D eigenvalue weighted by atomic mass is 9.92. The van der Waals surface area contributed by atoms with Crippen LogP contribution >= 0.6 is 0 Å². The van der Waals surface area contributed by atoms with Crippen LogP contribution in [0, 0.1) is 11.8 Å². The van der Waals surface area contributed by atoms with E-state index >= 15 is 0 Å². The summed E-state index contributed by atoms with van der Waals surface area (Å²) in [5.74, 6) is -0.576. The maximum atomic E-state index is 10.7. The number of hydrogen-bond acceptors (Lipinski definition) is 2. The Bertz CT molecular complexity index is 180. The van der Waals surface area contributed by atoms with Crippen molar-refractivity contribution in [1.29, 1.82) is 0 Å². The van der Waals surface area contributed by atoms with Gasteiger partial charge in [0, 0.05) is 0 Å². The summed E-state index contributed by atoms with van der Waals surface area (Å²) >= 11 is 0. The minimum absolute atomic E-state index is 0.0392. The maximum Gasteiger partial charge on any atom is 0.326 e. The van der Waals surface area contributed by atoms with Gasteiger partial charge in [-0.05, 0) is 18.3 Å². The van der Waals surface area contributed by atoms with Crippen molar-refractivity contribution in [2.75, 3.05) is 0 Å². The third-order valence-corrected chi connectivity index (χ3v) is 1.93. The van der Waals surface area contributed by atoms with Crippen LogP contribution in [0.4, 0.5) is 0 Å². The molecule has 2 N–H and O–H groups in total.